The molecule has 0 aliphatic carbocycles. The van der Waals surface area contributed by atoms with Gasteiger partial charge in [0.05, 0.1) is 29.4 Å². The van der Waals surface area contributed by atoms with E-state index < -0.39 is 24.3 Å². The largest absolute Gasteiger partial charge is 0.495 e. The zero-order chi connectivity index (χ0) is 18.4. The Bertz CT molecular complexity index is 797. The number of rotatable bonds is 4. The number of nitrogens with zero attached hydrogens (tertiary/aromatic N) is 2. The highest BCUT2D eigenvalue weighted by atomic mass is 16.7. The molecule has 7 heteroatoms. The molecule has 1 saturated heterocycles. The van der Waals surface area contributed by atoms with E-state index in [1.165, 1.54) is 7.11 Å². The van der Waals surface area contributed by atoms with E-state index in [0.717, 1.165) is 23.9 Å². The number of ether oxygens (including phenoxy) is 1. The summed E-state index contributed by atoms with van der Waals surface area (Å²) < 4.78 is 19.1. The lowest BCUT2D eigenvalue weighted by Gasteiger charge is -2.32. The molecular formula is C18H25BN2O4. The summed E-state index contributed by atoms with van der Waals surface area (Å²) in [6, 6.07) is 3.74. The monoisotopic (exact) mass is 344 g/mol. The quantitative estimate of drug-likeness (QED) is 0.630. The molecule has 6 nitrogen and oxygen atoms in total. The van der Waals surface area contributed by atoms with Crippen LogP contribution in [0.1, 0.15) is 51.4 Å². The zero-order valence-corrected chi connectivity index (χ0v) is 15.8. The minimum Gasteiger partial charge on any atom is -0.465 e. The van der Waals surface area contributed by atoms with Crippen molar-refractivity contribution in [3.8, 4) is 0 Å². The second-order valence-corrected chi connectivity index (χ2v) is 7.43. The van der Waals surface area contributed by atoms with Crippen LogP contribution in [0.4, 0.5) is 0 Å². The van der Waals surface area contributed by atoms with Crippen LogP contribution >= 0.6 is 0 Å². The van der Waals surface area contributed by atoms with E-state index in [0.29, 0.717) is 11.0 Å². The normalized spacial score (nSPS) is 18.7. The molecule has 0 bridgehead atoms. The smallest absolute Gasteiger partial charge is 0.465 e. The van der Waals surface area contributed by atoms with Crippen LogP contribution < -0.4 is 5.46 Å². The van der Waals surface area contributed by atoms with Crippen LogP contribution in [0.15, 0.2) is 18.3 Å². The molecule has 1 aromatic heterocycles. The molecule has 0 amide bonds. The number of hydrogen-bond acceptors (Lipinski definition) is 5. The second kappa shape index (κ2) is 6.14. The van der Waals surface area contributed by atoms with Crippen LogP contribution in [0.3, 0.4) is 0 Å². The van der Waals surface area contributed by atoms with E-state index >= 15 is 0 Å². The maximum Gasteiger partial charge on any atom is 0.495 e. The Labute approximate surface area is 148 Å². The fourth-order valence-electron chi connectivity index (χ4n) is 3.00. The van der Waals surface area contributed by atoms with Crippen LogP contribution in [0.25, 0.3) is 10.9 Å². The number of esters is 1. The van der Waals surface area contributed by atoms with Crippen LogP contribution in [0.2, 0.25) is 0 Å². The molecule has 1 aromatic carbocycles. The Kier molecular flexibility index (Phi) is 4.41. The first-order valence-electron chi connectivity index (χ1n) is 8.64. The highest BCUT2D eigenvalue weighted by Gasteiger charge is 2.52. The number of methoxy groups -OCH3 is 1. The molecule has 0 unspecified atom stereocenters. The predicted molar refractivity (Wildman–Crippen MR) is 97.1 cm³/mol. The van der Waals surface area contributed by atoms with Gasteiger partial charge in [-0.2, -0.15) is 5.10 Å². The topological polar surface area (TPSA) is 62.6 Å². The van der Waals surface area contributed by atoms with E-state index in [2.05, 4.69) is 12.0 Å². The number of aromatic nitrogens is 2. The van der Waals surface area contributed by atoms with Gasteiger partial charge < -0.3 is 14.0 Å². The summed E-state index contributed by atoms with van der Waals surface area (Å²) in [6.45, 7) is 10.8. The molecule has 0 N–H and O–H groups in total. The van der Waals surface area contributed by atoms with Gasteiger partial charge in [0.2, 0.25) is 0 Å². The third-order valence-electron chi connectivity index (χ3n) is 5.12. The summed E-state index contributed by atoms with van der Waals surface area (Å²) in [5.41, 5.74) is 0.933. The molecule has 134 valence electrons. The molecule has 0 radical (unpaired) electrons. The van der Waals surface area contributed by atoms with Crippen molar-refractivity contribution < 1.29 is 18.8 Å². The van der Waals surface area contributed by atoms with E-state index in [9.17, 15) is 4.79 Å². The lowest BCUT2D eigenvalue weighted by molar-refractivity contribution is 0.00578. The van der Waals surface area contributed by atoms with Crippen molar-refractivity contribution in [2.24, 2.45) is 0 Å². The van der Waals surface area contributed by atoms with E-state index in [1.807, 2.05) is 50.7 Å². The standard InChI is InChI=1S/C18H25BN2O4/c1-7-10-21-11-12-14(20-21)9-8-13(15(12)16(22)23-6)19-24-17(2,3)18(4,5)25-19/h8-9,11H,7,10H2,1-6H3. The van der Waals surface area contributed by atoms with Gasteiger partial charge in [0.15, 0.2) is 0 Å². The first kappa shape index (κ1) is 18.0. The van der Waals surface area contributed by atoms with Crippen molar-refractivity contribution in [3.63, 3.8) is 0 Å². The molecule has 25 heavy (non-hydrogen) atoms. The Balaban J connectivity index is 2.13. The van der Waals surface area contributed by atoms with Gasteiger partial charge >= 0.3 is 13.1 Å². The number of benzene rings is 1. The minimum atomic E-state index is -0.627. The first-order chi connectivity index (χ1) is 11.7. The number of hydrogen-bond donors (Lipinski definition) is 0. The summed E-state index contributed by atoms with van der Waals surface area (Å²) >= 11 is 0. The molecule has 0 atom stereocenters. The van der Waals surface area contributed by atoms with Crippen LogP contribution in [0, 0.1) is 0 Å². The first-order valence-corrected chi connectivity index (χ1v) is 8.64. The molecular weight excluding hydrogens is 319 g/mol. The number of carbonyl (C=O) groups is 1. The van der Waals surface area contributed by atoms with E-state index in [1.54, 1.807) is 0 Å². The lowest BCUT2D eigenvalue weighted by atomic mass is 9.75. The van der Waals surface area contributed by atoms with Crippen molar-refractivity contribution in [1.82, 2.24) is 9.78 Å². The van der Waals surface area contributed by atoms with Gasteiger partial charge in [0.1, 0.15) is 0 Å². The number of fused-ring (bicyclic) bond motifs is 1. The summed E-state index contributed by atoms with van der Waals surface area (Å²) in [5, 5.41) is 5.29. The van der Waals surface area contributed by atoms with Crippen LogP contribution in [0.5, 0.6) is 0 Å². The average molecular weight is 344 g/mol. The predicted octanol–water partition coefficient (Wildman–Crippen LogP) is 2.53. The summed E-state index contributed by atoms with van der Waals surface area (Å²) in [7, 11) is 0.754. The third-order valence-corrected chi connectivity index (χ3v) is 5.12. The molecule has 1 aliphatic heterocycles. The fourth-order valence-corrected chi connectivity index (χ4v) is 3.00. The zero-order valence-electron chi connectivity index (χ0n) is 15.8. The molecule has 1 aliphatic rings. The van der Waals surface area contributed by atoms with E-state index in [-0.39, 0.29) is 0 Å². The summed E-state index contributed by atoms with van der Waals surface area (Å²) in [6.07, 6.45) is 2.85. The number of carbonyl (C=O) groups excluding carboxylic acids is 1. The van der Waals surface area contributed by atoms with Crippen molar-refractivity contribution in [2.75, 3.05) is 7.11 Å². The summed E-state index contributed by atoms with van der Waals surface area (Å²) in [5.74, 6) is -0.411. The molecule has 2 heterocycles. The van der Waals surface area contributed by atoms with Gasteiger partial charge in [0, 0.05) is 18.1 Å². The Morgan fingerprint density at radius 3 is 2.44 bits per heavy atom. The van der Waals surface area contributed by atoms with Gasteiger partial charge in [-0.25, -0.2) is 4.79 Å². The average Bonchev–Trinajstić information content (AvgIpc) is 3.03. The van der Waals surface area contributed by atoms with Crippen molar-refractivity contribution in [2.45, 2.75) is 58.8 Å². The maximum absolute atomic E-state index is 12.5. The van der Waals surface area contributed by atoms with Gasteiger partial charge in [-0.05, 0) is 45.6 Å². The van der Waals surface area contributed by atoms with Crippen molar-refractivity contribution >= 4 is 29.5 Å². The van der Waals surface area contributed by atoms with Crippen LogP contribution in [-0.4, -0.2) is 41.2 Å². The van der Waals surface area contributed by atoms with E-state index in [4.69, 9.17) is 14.0 Å². The van der Waals surface area contributed by atoms with Crippen LogP contribution in [-0.2, 0) is 20.6 Å². The maximum atomic E-state index is 12.5. The third kappa shape index (κ3) is 2.96. The Morgan fingerprint density at radius 2 is 1.88 bits per heavy atom. The highest BCUT2D eigenvalue weighted by Crippen LogP contribution is 2.37. The molecule has 0 saturated carbocycles. The van der Waals surface area contributed by atoms with Gasteiger partial charge in [-0.3, -0.25) is 4.68 Å². The fraction of sp³-hybridized carbons (Fsp3) is 0.556. The minimum absolute atomic E-state index is 0.411. The van der Waals surface area contributed by atoms with Gasteiger partial charge in [0.25, 0.3) is 0 Å². The Hall–Kier alpha value is -1.86. The highest BCUT2D eigenvalue weighted by molar-refractivity contribution is 6.64. The van der Waals surface area contributed by atoms with Gasteiger partial charge in [-0.1, -0.05) is 13.0 Å². The second-order valence-electron chi connectivity index (χ2n) is 7.43. The molecule has 1 fully saturated rings. The van der Waals surface area contributed by atoms with Crippen molar-refractivity contribution in [3.05, 3.63) is 23.9 Å². The molecule has 0 spiro atoms. The van der Waals surface area contributed by atoms with Crippen molar-refractivity contribution in [1.29, 1.82) is 0 Å². The number of aryl methyl sites for hydroxylation is 1. The lowest BCUT2D eigenvalue weighted by Crippen LogP contribution is -2.41. The SMILES string of the molecule is CCCn1cc2c(C(=O)OC)c(B3OC(C)(C)C(C)(C)O3)ccc2n1. The Morgan fingerprint density at radius 1 is 1.24 bits per heavy atom. The molecule has 3 rings (SSSR count). The van der Waals surface area contributed by atoms with Gasteiger partial charge in [-0.15, -0.1) is 0 Å². The summed E-state index contributed by atoms with van der Waals surface area (Å²) in [4.78, 5) is 12.5. The molecule has 2 aromatic rings.